The Bertz CT molecular complexity index is 1190. The Morgan fingerprint density at radius 1 is 0.882 bits per heavy atom. The maximum atomic E-state index is 13.6. The van der Waals surface area contributed by atoms with Crippen LogP contribution < -0.4 is 0 Å². The van der Waals surface area contributed by atoms with Crippen LogP contribution in [0.5, 0.6) is 0 Å². The van der Waals surface area contributed by atoms with Crippen molar-refractivity contribution < 1.29 is 23.9 Å². The van der Waals surface area contributed by atoms with Gasteiger partial charge in [0.25, 0.3) is 5.91 Å². The normalized spacial score (nSPS) is 17.7. The number of nitrogens with zero attached hydrogens (tertiary/aromatic N) is 2. The van der Waals surface area contributed by atoms with E-state index in [9.17, 15) is 19.2 Å². The van der Waals surface area contributed by atoms with E-state index in [0.717, 1.165) is 16.0 Å². The molecule has 1 heterocycles. The van der Waals surface area contributed by atoms with Gasteiger partial charge in [-0.1, -0.05) is 84.9 Å². The Hall–Kier alpha value is -4.26. The van der Waals surface area contributed by atoms with E-state index in [0.29, 0.717) is 17.4 Å². The summed E-state index contributed by atoms with van der Waals surface area (Å²) in [7, 11) is 0. The van der Waals surface area contributed by atoms with E-state index < -0.39 is 30.0 Å². The lowest BCUT2D eigenvalue weighted by atomic mass is 9.89. The lowest BCUT2D eigenvalue weighted by Gasteiger charge is -2.32. The van der Waals surface area contributed by atoms with Crippen molar-refractivity contribution in [2.45, 2.75) is 25.6 Å². The summed E-state index contributed by atoms with van der Waals surface area (Å²) in [5, 5.41) is 0. The summed E-state index contributed by atoms with van der Waals surface area (Å²) in [4.78, 5) is 53.0. The van der Waals surface area contributed by atoms with E-state index in [1.54, 1.807) is 31.2 Å². The molecular formula is C27H24N2O5. The number of ether oxygens (including phenoxy) is 1. The number of aldehydes is 1. The largest absolute Gasteiger partial charge is 0.459 e. The first-order valence-corrected chi connectivity index (χ1v) is 10.9. The fraction of sp³-hybridized carbons (Fsp3) is 0.185. The number of carbonyl (C=O) groups excluding carboxylic acids is 4. The first kappa shape index (κ1) is 22.9. The summed E-state index contributed by atoms with van der Waals surface area (Å²) in [5.41, 5.74) is 1.30. The topological polar surface area (TPSA) is 84.0 Å². The van der Waals surface area contributed by atoms with Crippen LogP contribution >= 0.6 is 0 Å². The molecule has 1 aliphatic heterocycles. The van der Waals surface area contributed by atoms with Crippen LogP contribution in [0.1, 0.15) is 34.0 Å². The zero-order chi connectivity index (χ0) is 24.1. The highest BCUT2D eigenvalue weighted by Crippen LogP contribution is 2.38. The number of benzene rings is 3. The lowest BCUT2D eigenvalue weighted by molar-refractivity contribution is -0.149. The van der Waals surface area contributed by atoms with Crippen molar-refractivity contribution in [2.24, 2.45) is 0 Å². The van der Waals surface area contributed by atoms with Gasteiger partial charge < -0.3 is 9.64 Å². The average Bonchev–Trinajstić information content (AvgIpc) is 3.05. The average molecular weight is 456 g/mol. The molecule has 1 aliphatic rings. The van der Waals surface area contributed by atoms with Crippen molar-refractivity contribution >= 4 is 24.2 Å². The number of hydrogen-bond acceptors (Lipinski definition) is 5. The molecule has 0 bridgehead atoms. The molecule has 1 atom stereocenters. The van der Waals surface area contributed by atoms with Gasteiger partial charge >= 0.3 is 12.0 Å². The molecular weight excluding hydrogens is 432 g/mol. The van der Waals surface area contributed by atoms with Crippen LogP contribution in [0.15, 0.2) is 84.9 Å². The molecule has 1 unspecified atom stereocenters. The van der Waals surface area contributed by atoms with E-state index >= 15 is 0 Å². The van der Waals surface area contributed by atoms with E-state index in [1.165, 1.54) is 4.90 Å². The van der Waals surface area contributed by atoms with Gasteiger partial charge in [-0.3, -0.25) is 19.3 Å². The van der Waals surface area contributed by atoms with Gasteiger partial charge in [0.05, 0.1) is 0 Å². The first-order chi connectivity index (χ1) is 16.4. The standard InChI is InChI=1S/C27H24N2O5/c1-27(23-14-12-21(18-30)13-15-23)25(32)28(17-24(31)34-19-22-10-6-3-7-11-22)26(33)29(27)16-20-8-4-2-5-9-20/h2-15,18H,16-17,19H2,1H3. The second-order valence-corrected chi connectivity index (χ2v) is 8.20. The van der Waals surface area contributed by atoms with Crippen LogP contribution in [0.4, 0.5) is 4.79 Å². The third kappa shape index (κ3) is 4.45. The number of rotatable bonds is 8. The second kappa shape index (κ2) is 9.70. The van der Waals surface area contributed by atoms with Gasteiger partial charge in [0.2, 0.25) is 0 Å². The van der Waals surface area contributed by atoms with Crippen LogP contribution in [0.25, 0.3) is 0 Å². The maximum absolute atomic E-state index is 13.6. The summed E-state index contributed by atoms with van der Waals surface area (Å²) in [6, 6.07) is 24.4. The number of amides is 3. The van der Waals surface area contributed by atoms with Gasteiger partial charge in [0.1, 0.15) is 25.0 Å². The fourth-order valence-corrected chi connectivity index (χ4v) is 4.01. The minimum atomic E-state index is -1.35. The highest BCUT2D eigenvalue weighted by Gasteiger charge is 2.55. The summed E-state index contributed by atoms with van der Waals surface area (Å²) in [5.74, 6) is -1.20. The quantitative estimate of drug-likeness (QED) is 0.291. The Labute approximate surface area is 197 Å². The predicted octanol–water partition coefficient (Wildman–Crippen LogP) is 3.92. The number of hydrogen-bond donors (Lipinski definition) is 0. The monoisotopic (exact) mass is 456 g/mol. The lowest BCUT2D eigenvalue weighted by Crippen LogP contribution is -2.44. The van der Waals surface area contributed by atoms with Gasteiger partial charge in [0.15, 0.2) is 0 Å². The minimum Gasteiger partial charge on any atom is -0.459 e. The summed E-state index contributed by atoms with van der Waals surface area (Å²) in [6.45, 7) is 1.39. The Morgan fingerprint density at radius 3 is 2.06 bits per heavy atom. The van der Waals surface area contributed by atoms with Crippen LogP contribution in [-0.4, -0.2) is 40.5 Å². The molecule has 7 heteroatoms. The van der Waals surface area contributed by atoms with Crippen molar-refractivity contribution in [2.75, 3.05) is 6.54 Å². The molecule has 1 saturated heterocycles. The van der Waals surface area contributed by atoms with Crippen LogP contribution in [-0.2, 0) is 33.0 Å². The molecule has 0 N–H and O–H groups in total. The van der Waals surface area contributed by atoms with Crippen LogP contribution in [0, 0.1) is 0 Å². The van der Waals surface area contributed by atoms with E-state index in [1.807, 2.05) is 60.7 Å². The van der Waals surface area contributed by atoms with E-state index in [2.05, 4.69) is 0 Å². The number of imide groups is 1. The Balaban J connectivity index is 1.60. The van der Waals surface area contributed by atoms with Crippen molar-refractivity contribution in [1.82, 2.24) is 9.80 Å². The molecule has 0 saturated carbocycles. The van der Waals surface area contributed by atoms with Crippen molar-refractivity contribution in [3.63, 3.8) is 0 Å². The Kier molecular flexibility index (Phi) is 6.54. The van der Waals surface area contributed by atoms with E-state index in [-0.39, 0.29) is 13.2 Å². The first-order valence-electron chi connectivity index (χ1n) is 10.9. The SMILES string of the molecule is CC1(c2ccc(C=O)cc2)C(=O)N(CC(=O)OCc2ccccc2)C(=O)N1Cc1ccccc1. The molecule has 4 rings (SSSR count). The summed E-state index contributed by atoms with van der Waals surface area (Å²) < 4.78 is 5.30. The third-order valence-corrected chi connectivity index (χ3v) is 5.99. The smallest absolute Gasteiger partial charge is 0.328 e. The number of urea groups is 1. The fourth-order valence-electron chi connectivity index (χ4n) is 4.01. The molecule has 172 valence electrons. The molecule has 3 aromatic carbocycles. The maximum Gasteiger partial charge on any atom is 0.328 e. The highest BCUT2D eigenvalue weighted by molar-refractivity contribution is 6.08. The van der Waals surface area contributed by atoms with Gasteiger partial charge in [0, 0.05) is 12.1 Å². The van der Waals surface area contributed by atoms with Gasteiger partial charge in [-0.2, -0.15) is 0 Å². The summed E-state index contributed by atoms with van der Waals surface area (Å²) in [6.07, 6.45) is 0.713. The predicted molar refractivity (Wildman–Crippen MR) is 125 cm³/mol. The zero-order valence-electron chi connectivity index (χ0n) is 18.7. The molecule has 0 spiro atoms. The molecule has 3 amide bonds. The van der Waals surface area contributed by atoms with Crippen LogP contribution in [0.3, 0.4) is 0 Å². The molecule has 0 radical (unpaired) electrons. The van der Waals surface area contributed by atoms with Gasteiger partial charge in [-0.05, 0) is 23.6 Å². The third-order valence-electron chi connectivity index (χ3n) is 5.99. The van der Waals surface area contributed by atoms with Gasteiger partial charge in [-0.25, -0.2) is 4.79 Å². The van der Waals surface area contributed by atoms with Crippen molar-refractivity contribution in [3.05, 3.63) is 107 Å². The molecule has 0 aliphatic carbocycles. The van der Waals surface area contributed by atoms with E-state index in [4.69, 9.17) is 4.74 Å². The second-order valence-electron chi connectivity index (χ2n) is 8.20. The molecule has 34 heavy (non-hydrogen) atoms. The van der Waals surface area contributed by atoms with Crippen molar-refractivity contribution in [1.29, 1.82) is 0 Å². The number of esters is 1. The van der Waals surface area contributed by atoms with Gasteiger partial charge in [-0.15, -0.1) is 0 Å². The zero-order valence-corrected chi connectivity index (χ0v) is 18.7. The molecule has 3 aromatic rings. The molecule has 1 fully saturated rings. The van der Waals surface area contributed by atoms with Crippen LogP contribution in [0.2, 0.25) is 0 Å². The minimum absolute atomic E-state index is 0.0497. The van der Waals surface area contributed by atoms with Crippen molar-refractivity contribution in [3.8, 4) is 0 Å². The molecule has 0 aromatic heterocycles. The summed E-state index contributed by atoms with van der Waals surface area (Å²) >= 11 is 0. The highest BCUT2D eigenvalue weighted by atomic mass is 16.5. The Morgan fingerprint density at radius 2 is 1.47 bits per heavy atom. The molecule has 7 nitrogen and oxygen atoms in total. The number of carbonyl (C=O) groups is 4.